The standard InChI is InChI=1S/C17H21N3O5S/c1-11(2)17(4,10-18)19-15(21)9-25-16(22)12(3)26-14-7-5-13(6-8-14)20(23)24/h5-8,11-12H,9H2,1-4H3,(H,19,21)/t12-,17-/m0/s1. The van der Waals surface area contributed by atoms with E-state index in [2.05, 4.69) is 5.32 Å². The van der Waals surface area contributed by atoms with Gasteiger partial charge in [0.25, 0.3) is 11.6 Å². The molecule has 1 aromatic carbocycles. The Kier molecular flexibility index (Phi) is 7.58. The highest BCUT2D eigenvalue weighted by Crippen LogP contribution is 2.26. The number of rotatable bonds is 8. The van der Waals surface area contributed by atoms with Gasteiger partial charge in [-0.25, -0.2) is 0 Å². The molecule has 0 radical (unpaired) electrons. The molecule has 0 fully saturated rings. The molecule has 9 heteroatoms. The van der Waals surface area contributed by atoms with E-state index in [0.29, 0.717) is 4.90 Å². The van der Waals surface area contributed by atoms with Crippen LogP contribution in [0.1, 0.15) is 27.7 Å². The van der Waals surface area contributed by atoms with Gasteiger partial charge in [-0.3, -0.25) is 19.7 Å². The van der Waals surface area contributed by atoms with E-state index in [4.69, 9.17) is 4.74 Å². The third-order valence-electron chi connectivity index (χ3n) is 3.82. The molecule has 0 saturated heterocycles. The monoisotopic (exact) mass is 379 g/mol. The summed E-state index contributed by atoms with van der Waals surface area (Å²) in [6.45, 7) is 6.34. The van der Waals surface area contributed by atoms with Gasteiger partial charge in [0.15, 0.2) is 6.61 Å². The Morgan fingerprint density at radius 1 is 1.35 bits per heavy atom. The molecular weight excluding hydrogens is 358 g/mol. The first kappa shape index (κ1) is 21.4. The van der Waals surface area contributed by atoms with Crippen LogP contribution in [0.2, 0.25) is 0 Å². The van der Waals surface area contributed by atoms with Gasteiger partial charge in [0, 0.05) is 17.0 Å². The number of nitrogens with zero attached hydrogens (tertiary/aromatic N) is 2. The first-order valence-corrected chi connectivity index (χ1v) is 8.77. The Morgan fingerprint density at radius 3 is 2.38 bits per heavy atom. The highest BCUT2D eigenvalue weighted by Gasteiger charge is 2.30. The number of nitro benzene ring substituents is 1. The Hall–Kier alpha value is -2.60. The van der Waals surface area contributed by atoms with Crippen molar-refractivity contribution in [1.29, 1.82) is 5.26 Å². The smallest absolute Gasteiger partial charge is 0.319 e. The van der Waals surface area contributed by atoms with E-state index < -0.39 is 34.2 Å². The number of nitrogens with one attached hydrogen (secondary N) is 1. The number of thioether (sulfide) groups is 1. The molecule has 1 N–H and O–H groups in total. The maximum atomic E-state index is 12.0. The zero-order valence-electron chi connectivity index (χ0n) is 15.0. The predicted octanol–water partition coefficient (Wildman–Crippen LogP) is 2.67. The topological polar surface area (TPSA) is 122 Å². The number of nitro groups is 1. The maximum absolute atomic E-state index is 12.0. The molecule has 0 unspecified atom stereocenters. The molecule has 8 nitrogen and oxygen atoms in total. The van der Waals surface area contributed by atoms with Gasteiger partial charge in [0.1, 0.15) is 10.8 Å². The number of esters is 1. The molecule has 0 saturated carbocycles. The minimum Gasteiger partial charge on any atom is -0.455 e. The molecule has 140 valence electrons. The summed E-state index contributed by atoms with van der Waals surface area (Å²) >= 11 is 1.17. The van der Waals surface area contributed by atoms with Crippen molar-refractivity contribution in [2.45, 2.75) is 43.4 Å². The van der Waals surface area contributed by atoms with Crippen molar-refractivity contribution in [3.8, 4) is 6.07 Å². The molecule has 26 heavy (non-hydrogen) atoms. The quantitative estimate of drug-likeness (QED) is 0.319. The molecule has 0 bridgehead atoms. The summed E-state index contributed by atoms with van der Waals surface area (Å²) in [6.07, 6.45) is 0. The SMILES string of the molecule is CC(C)[C@](C)(C#N)NC(=O)COC(=O)[C@H](C)Sc1ccc([N+](=O)[O-])cc1. The lowest BCUT2D eigenvalue weighted by Gasteiger charge is -2.27. The second-order valence-corrected chi connectivity index (χ2v) is 7.55. The van der Waals surface area contributed by atoms with Gasteiger partial charge in [-0.05, 0) is 31.9 Å². The third-order valence-corrected chi connectivity index (χ3v) is 4.91. The number of hydrogen-bond donors (Lipinski definition) is 1. The second kappa shape index (κ2) is 9.20. The first-order valence-electron chi connectivity index (χ1n) is 7.89. The van der Waals surface area contributed by atoms with E-state index in [1.165, 1.54) is 23.9 Å². The summed E-state index contributed by atoms with van der Waals surface area (Å²) in [4.78, 5) is 34.7. The lowest BCUT2D eigenvalue weighted by atomic mass is 9.90. The van der Waals surface area contributed by atoms with Gasteiger partial charge in [-0.1, -0.05) is 13.8 Å². The molecule has 1 rings (SSSR count). The van der Waals surface area contributed by atoms with Gasteiger partial charge >= 0.3 is 5.97 Å². The van der Waals surface area contributed by atoms with Crippen LogP contribution < -0.4 is 5.32 Å². The van der Waals surface area contributed by atoms with Gasteiger partial charge < -0.3 is 10.1 Å². The normalized spacial score (nSPS) is 14.0. The molecule has 2 atom stereocenters. The van der Waals surface area contributed by atoms with Crippen molar-refractivity contribution < 1.29 is 19.2 Å². The number of nitriles is 1. The van der Waals surface area contributed by atoms with Crippen molar-refractivity contribution >= 4 is 29.3 Å². The lowest BCUT2D eigenvalue weighted by molar-refractivity contribution is -0.384. The zero-order chi connectivity index (χ0) is 19.9. The molecular formula is C17H21N3O5S. The zero-order valence-corrected chi connectivity index (χ0v) is 15.8. The van der Waals surface area contributed by atoms with Crippen molar-refractivity contribution in [1.82, 2.24) is 5.32 Å². The van der Waals surface area contributed by atoms with E-state index >= 15 is 0 Å². The number of amides is 1. The predicted molar refractivity (Wildman–Crippen MR) is 96.4 cm³/mol. The molecule has 0 aliphatic rings. The lowest BCUT2D eigenvalue weighted by Crippen LogP contribution is -2.50. The fourth-order valence-corrected chi connectivity index (χ4v) is 2.65. The molecule has 0 heterocycles. The average Bonchev–Trinajstić information content (AvgIpc) is 2.59. The molecule has 0 aliphatic carbocycles. The van der Waals surface area contributed by atoms with E-state index in [0.717, 1.165) is 0 Å². The van der Waals surface area contributed by atoms with Crippen LogP contribution in [0.3, 0.4) is 0 Å². The van der Waals surface area contributed by atoms with Crippen molar-refractivity contribution in [2.24, 2.45) is 5.92 Å². The summed E-state index contributed by atoms with van der Waals surface area (Å²) < 4.78 is 4.98. The summed E-state index contributed by atoms with van der Waals surface area (Å²) in [7, 11) is 0. The molecule has 0 aromatic heterocycles. The first-order chi connectivity index (χ1) is 12.1. The Labute approximate surface area is 156 Å². The van der Waals surface area contributed by atoms with Crippen LogP contribution in [-0.4, -0.2) is 34.2 Å². The number of benzene rings is 1. The minimum absolute atomic E-state index is 0.0352. The van der Waals surface area contributed by atoms with Crippen LogP contribution in [0.5, 0.6) is 0 Å². The summed E-state index contributed by atoms with van der Waals surface area (Å²) in [5.41, 5.74) is -1.07. The average molecular weight is 379 g/mol. The van der Waals surface area contributed by atoms with Crippen molar-refractivity contribution in [3.63, 3.8) is 0 Å². The largest absolute Gasteiger partial charge is 0.455 e. The number of carbonyl (C=O) groups is 2. The van der Waals surface area contributed by atoms with Crippen LogP contribution >= 0.6 is 11.8 Å². The van der Waals surface area contributed by atoms with Crippen LogP contribution in [0, 0.1) is 27.4 Å². The number of hydrogen-bond acceptors (Lipinski definition) is 7. The van der Waals surface area contributed by atoms with E-state index in [-0.39, 0.29) is 11.6 Å². The highest BCUT2D eigenvalue weighted by atomic mass is 32.2. The Bertz CT molecular complexity index is 714. The highest BCUT2D eigenvalue weighted by molar-refractivity contribution is 8.00. The van der Waals surface area contributed by atoms with E-state index in [1.807, 2.05) is 6.07 Å². The summed E-state index contributed by atoms with van der Waals surface area (Å²) in [5, 5.41) is 21.7. The number of carbonyl (C=O) groups excluding carboxylic acids is 2. The molecule has 1 amide bonds. The molecule has 1 aromatic rings. The van der Waals surface area contributed by atoms with Gasteiger partial charge in [0.05, 0.1) is 11.0 Å². The van der Waals surface area contributed by atoms with Crippen LogP contribution in [0.15, 0.2) is 29.2 Å². The van der Waals surface area contributed by atoms with Gasteiger partial charge in [-0.2, -0.15) is 5.26 Å². The van der Waals surface area contributed by atoms with E-state index in [9.17, 15) is 25.0 Å². The molecule has 0 spiro atoms. The summed E-state index contributed by atoms with van der Waals surface area (Å²) in [6, 6.07) is 7.82. The fraction of sp³-hybridized carbons (Fsp3) is 0.471. The minimum atomic E-state index is -1.04. The summed E-state index contributed by atoms with van der Waals surface area (Å²) in [5.74, 6) is -1.25. The maximum Gasteiger partial charge on any atom is 0.319 e. The van der Waals surface area contributed by atoms with Crippen LogP contribution in [0.4, 0.5) is 5.69 Å². The van der Waals surface area contributed by atoms with Gasteiger partial charge in [0.2, 0.25) is 0 Å². The number of non-ortho nitro benzene ring substituents is 1. The van der Waals surface area contributed by atoms with Crippen molar-refractivity contribution in [3.05, 3.63) is 34.4 Å². The van der Waals surface area contributed by atoms with Crippen LogP contribution in [-0.2, 0) is 14.3 Å². The number of ether oxygens (including phenoxy) is 1. The second-order valence-electron chi connectivity index (χ2n) is 6.14. The molecule has 0 aliphatic heterocycles. The van der Waals surface area contributed by atoms with Gasteiger partial charge in [-0.15, -0.1) is 11.8 Å². The van der Waals surface area contributed by atoms with Crippen LogP contribution in [0.25, 0.3) is 0 Å². The fourth-order valence-electron chi connectivity index (χ4n) is 1.78. The Morgan fingerprint density at radius 2 is 1.92 bits per heavy atom. The van der Waals surface area contributed by atoms with E-state index in [1.54, 1.807) is 39.8 Å². The third kappa shape index (κ3) is 6.04. The Balaban J connectivity index is 2.53. The van der Waals surface area contributed by atoms with Crippen molar-refractivity contribution in [2.75, 3.05) is 6.61 Å².